The zero-order valence-corrected chi connectivity index (χ0v) is 13.9. The van der Waals surface area contributed by atoms with Crippen LogP contribution in [0.1, 0.15) is 0 Å². The Morgan fingerprint density at radius 3 is 2.12 bits per heavy atom. The van der Waals surface area contributed by atoms with Crippen molar-refractivity contribution in [3.63, 3.8) is 0 Å². The SMILES string of the molecule is COc1cc(NC(=O)Nc2ccc([N+](=O)[O-])cc2OC)cc(OC)c1. The number of nitro groups is 1. The lowest BCUT2D eigenvalue weighted by atomic mass is 10.2. The van der Waals surface area contributed by atoms with Gasteiger partial charge in [-0.25, -0.2) is 4.79 Å². The zero-order chi connectivity index (χ0) is 18.4. The van der Waals surface area contributed by atoms with Crippen LogP contribution in [-0.2, 0) is 0 Å². The molecule has 0 aliphatic carbocycles. The molecule has 0 aliphatic rings. The number of nitro benzene ring substituents is 1. The lowest BCUT2D eigenvalue weighted by molar-refractivity contribution is -0.384. The van der Waals surface area contributed by atoms with Crippen molar-refractivity contribution in [1.82, 2.24) is 0 Å². The predicted octanol–water partition coefficient (Wildman–Crippen LogP) is 3.26. The molecule has 25 heavy (non-hydrogen) atoms. The number of non-ortho nitro benzene ring substituents is 1. The highest BCUT2D eigenvalue weighted by atomic mass is 16.6. The summed E-state index contributed by atoms with van der Waals surface area (Å²) in [6.45, 7) is 0. The molecule has 0 radical (unpaired) electrons. The summed E-state index contributed by atoms with van der Waals surface area (Å²) in [5, 5.41) is 16.0. The van der Waals surface area contributed by atoms with E-state index in [1.165, 1.54) is 39.5 Å². The van der Waals surface area contributed by atoms with Gasteiger partial charge in [0.1, 0.15) is 17.2 Å². The lowest BCUT2D eigenvalue weighted by Crippen LogP contribution is -2.20. The van der Waals surface area contributed by atoms with E-state index in [1.54, 1.807) is 18.2 Å². The van der Waals surface area contributed by atoms with Gasteiger partial charge in [-0.15, -0.1) is 0 Å². The molecule has 0 saturated heterocycles. The monoisotopic (exact) mass is 347 g/mol. The van der Waals surface area contributed by atoms with E-state index in [0.717, 1.165) is 0 Å². The molecule has 0 atom stereocenters. The largest absolute Gasteiger partial charge is 0.497 e. The number of urea groups is 1. The second-order valence-electron chi connectivity index (χ2n) is 4.82. The highest BCUT2D eigenvalue weighted by Gasteiger charge is 2.14. The fourth-order valence-corrected chi connectivity index (χ4v) is 2.06. The molecule has 2 amide bonds. The van der Waals surface area contributed by atoms with Crippen molar-refractivity contribution >= 4 is 23.1 Å². The Bertz CT molecular complexity index is 771. The first kappa shape index (κ1) is 17.9. The molecular weight excluding hydrogens is 330 g/mol. The average molecular weight is 347 g/mol. The second kappa shape index (κ2) is 7.86. The molecule has 0 fully saturated rings. The summed E-state index contributed by atoms with van der Waals surface area (Å²) >= 11 is 0. The Hall–Kier alpha value is -3.49. The van der Waals surface area contributed by atoms with Gasteiger partial charge in [-0.3, -0.25) is 10.1 Å². The van der Waals surface area contributed by atoms with Crippen LogP contribution < -0.4 is 24.8 Å². The van der Waals surface area contributed by atoms with Gasteiger partial charge in [-0.05, 0) is 6.07 Å². The van der Waals surface area contributed by atoms with Gasteiger partial charge in [0.05, 0.1) is 38.0 Å². The maximum absolute atomic E-state index is 12.2. The Morgan fingerprint density at radius 1 is 0.960 bits per heavy atom. The van der Waals surface area contributed by atoms with Gasteiger partial charge in [0, 0.05) is 30.0 Å². The number of carbonyl (C=O) groups excluding carboxylic acids is 1. The van der Waals surface area contributed by atoms with Crippen molar-refractivity contribution in [3.8, 4) is 17.2 Å². The van der Waals surface area contributed by atoms with Crippen LogP contribution in [0.2, 0.25) is 0 Å². The first-order valence-corrected chi connectivity index (χ1v) is 7.10. The van der Waals surface area contributed by atoms with Gasteiger partial charge in [0.25, 0.3) is 5.69 Å². The summed E-state index contributed by atoms with van der Waals surface area (Å²) in [7, 11) is 4.36. The molecule has 0 unspecified atom stereocenters. The number of ether oxygens (including phenoxy) is 3. The van der Waals surface area contributed by atoms with E-state index >= 15 is 0 Å². The number of nitrogens with one attached hydrogen (secondary N) is 2. The van der Waals surface area contributed by atoms with Gasteiger partial charge in [-0.2, -0.15) is 0 Å². The quantitative estimate of drug-likeness (QED) is 0.613. The molecule has 0 saturated carbocycles. The van der Waals surface area contributed by atoms with Crippen LogP contribution in [-0.4, -0.2) is 32.3 Å². The second-order valence-corrected chi connectivity index (χ2v) is 4.82. The molecule has 0 aliphatic heterocycles. The van der Waals surface area contributed by atoms with E-state index in [2.05, 4.69) is 10.6 Å². The number of nitrogens with zero attached hydrogens (tertiary/aromatic N) is 1. The summed E-state index contributed by atoms with van der Waals surface area (Å²) in [5.74, 6) is 1.21. The molecule has 2 N–H and O–H groups in total. The summed E-state index contributed by atoms with van der Waals surface area (Å²) < 4.78 is 15.3. The van der Waals surface area contributed by atoms with E-state index in [1.807, 2.05) is 0 Å². The third-order valence-electron chi connectivity index (χ3n) is 3.25. The first-order valence-electron chi connectivity index (χ1n) is 7.10. The fraction of sp³-hybridized carbons (Fsp3) is 0.188. The molecular formula is C16H17N3O6. The van der Waals surface area contributed by atoms with E-state index in [-0.39, 0.29) is 11.4 Å². The summed E-state index contributed by atoms with van der Waals surface area (Å²) in [6.07, 6.45) is 0. The summed E-state index contributed by atoms with van der Waals surface area (Å²) in [4.78, 5) is 22.4. The van der Waals surface area contributed by atoms with Crippen molar-refractivity contribution in [2.75, 3.05) is 32.0 Å². The third kappa shape index (κ3) is 4.50. The Kier molecular flexibility index (Phi) is 5.62. The maximum atomic E-state index is 12.2. The van der Waals surface area contributed by atoms with E-state index in [4.69, 9.17) is 14.2 Å². The van der Waals surface area contributed by atoms with Crippen LogP contribution in [0, 0.1) is 10.1 Å². The van der Waals surface area contributed by atoms with Gasteiger partial charge >= 0.3 is 6.03 Å². The Balaban J connectivity index is 2.16. The molecule has 0 heterocycles. The maximum Gasteiger partial charge on any atom is 0.323 e. The number of carbonyl (C=O) groups is 1. The molecule has 2 rings (SSSR count). The minimum atomic E-state index is -0.553. The van der Waals surface area contributed by atoms with E-state index in [0.29, 0.717) is 22.9 Å². The van der Waals surface area contributed by atoms with Crippen LogP contribution in [0.25, 0.3) is 0 Å². The number of hydrogen-bond donors (Lipinski definition) is 2. The molecule has 0 spiro atoms. The number of hydrogen-bond acceptors (Lipinski definition) is 6. The first-order chi connectivity index (χ1) is 12.0. The molecule has 2 aromatic rings. The van der Waals surface area contributed by atoms with Crippen molar-refractivity contribution in [1.29, 1.82) is 0 Å². The normalized spacial score (nSPS) is 9.88. The molecule has 132 valence electrons. The molecule has 9 nitrogen and oxygen atoms in total. The zero-order valence-electron chi connectivity index (χ0n) is 13.9. The Morgan fingerprint density at radius 2 is 1.60 bits per heavy atom. The molecule has 2 aromatic carbocycles. The standard InChI is InChI=1S/C16H17N3O6/c1-23-12-6-10(7-13(9-12)24-2)17-16(20)18-14-5-4-11(19(21)22)8-15(14)25-3/h4-9H,1-3H3,(H2,17,18,20). The summed E-state index contributed by atoms with van der Waals surface area (Å²) in [5.41, 5.74) is 0.607. The lowest BCUT2D eigenvalue weighted by Gasteiger charge is -2.12. The number of rotatable bonds is 6. The fourth-order valence-electron chi connectivity index (χ4n) is 2.06. The van der Waals surface area contributed by atoms with Crippen molar-refractivity contribution < 1.29 is 23.9 Å². The number of methoxy groups -OCH3 is 3. The van der Waals surface area contributed by atoms with Gasteiger partial charge in [0.2, 0.25) is 0 Å². The van der Waals surface area contributed by atoms with Gasteiger partial charge < -0.3 is 24.8 Å². The van der Waals surface area contributed by atoms with E-state index in [9.17, 15) is 14.9 Å². The predicted molar refractivity (Wildman–Crippen MR) is 91.8 cm³/mol. The molecule has 9 heteroatoms. The highest BCUT2D eigenvalue weighted by Crippen LogP contribution is 2.30. The van der Waals surface area contributed by atoms with Crippen molar-refractivity contribution in [2.45, 2.75) is 0 Å². The van der Waals surface area contributed by atoms with Crippen LogP contribution >= 0.6 is 0 Å². The third-order valence-corrected chi connectivity index (χ3v) is 3.25. The van der Waals surface area contributed by atoms with Gasteiger partial charge in [-0.1, -0.05) is 0 Å². The average Bonchev–Trinajstić information content (AvgIpc) is 2.61. The number of amides is 2. The number of anilines is 2. The minimum Gasteiger partial charge on any atom is -0.497 e. The highest BCUT2D eigenvalue weighted by molar-refractivity contribution is 6.01. The molecule has 0 bridgehead atoms. The minimum absolute atomic E-state index is 0.139. The van der Waals surface area contributed by atoms with Crippen LogP contribution in [0.3, 0.4) is 0 Å². The van der Waals surface area contributed by atoms with Crippen LogP contribution in [0.4, 0.5) is 21.9 Å². The van der Waals surface area contributed by atoms with Crippen LogP contribution in [0.15, 0.2) is 36.4 Å². The number of benzene rings is 2. The van der Waals surface area contributed by atoms with Crippen molar-refractivity contribution in [2.24, 2.45) is 0 Å². The van der Waals surface area contributed by atoms with Gasteiger partial charge in [0.15, 0.2) is 0 Å². The topological polar surface area (TPSA) is 112 Å². The van der Waals surface area contributed by atoms with E-state index < -0.39 is 11.0 Å². The Labute approximate surface area is 143 Å². The summed E-state index contributed by atoms with van der Waals surface area (Å²) in [6, 6.07) is 8.24. The molecule has 0 aromatic heterocycles. The van der Waals surface area contributed by atoms with Crippen LogP contribution in [0.5, 0.6) is 17.2 Å². The van der Waals surface area contributed by atoms with Crippen molar-refractivity contribution in [3.05, 3.63) is 46.5 Å². The smallest absolute Gasteiger partial charge is 0.323 e.